The van der Waals surface area contributed by atoms with Gasteiger partial charge in [0.05, 0.1) is 0 Å². The zero-order valence-corrected chi connectivity index (χ0v) is 16.4. The first kappa shape index (κ1) is 16.4. The standard InChI is InChI=1S/C26H25N/c1-16-14-21-17(2)19-10-7-13-27-24(19)15-22(21)25(16)26(3,4)23-12-11-18-8-5-6-9-20(18)23/h5-15,23,27H,1-4H3. The van der Waals surface area contributed by atoms with Gasteiger partial charge in [0.15, 0.2) is 0 Å². The molecule has 5 rings (SSSR count). The number of hydrogen-bond donors (Lipinski definition) is 1. The van der Waals surface area contributed by atoms with Crippen LogP contribution in [0.1, 0.15) is 47.6 Å². The lowest BCUT2D eigenvalue weighted by molar-refractivity contribution is 0.476. The Kier molecular flexibility index (Phi) is 3.40. The molecule has 1 nitrogen and oxygen atoms in total. The summed E-state index contributed by atoms with van der Waals surface area (Å²) >= 11 is 0. The average molecular weight is 351 g/mol. The lowest BCUT2D eigenvalue weighted by atomic mass is 9.70. The second-order valence-electron chi connectivity index (χ2n) is 8.48. The van der Waals surface area contributed by atoms with E-state index in [1.807, 2.05) is 6.20 Å². The van der Waals surface area contributed by atoms with Gasteiger partial charge < -0.3 is 4.98 Å². The maximum atomic E-state index is 3.44. The van der Waals surface area contributed by atoms with E-state index in [2.05, 4.69) is 93.4 Å². The zero-order chi connectivity index (χ0) is 18.8. The van der Waals surface area contributed by atoms with Crippen LogP contribution in [0.15, 0.2) is 60.8 Å². The van der Waals surface area contributed by atoms with E-state index in [1.54, 1.807) is 0 Å². The molecule has 0 saturated heterocycles. The molecular weight excluding hydrogens is 326 g/mol. The Morgan fingerprint density at radius 3 is 2.56 bits per heavy atom. The van der Waals surface area contributed by atoms with E-state index in [1.165, 1.54) is 49.5 Å². The van der Waals surface area contributed by atoms with Crippen molar-refractivity contribution in [2.75, 3.05) is 0 Å². The molecule has 0 bridgehead atoms. The van der Waals surface area contributed by atoms with Gasteiger partial charge in [-0.15, -0.1) is 0 Å². The minimum absolute atomic E-state index is 0.0177. The van der Waals surface area contributed by atoms with Gasteiger partial charge >= 0.3 is 0 Å². The fourth-order valence-corrected chi connectivity index (χ4v) is 5.25. The van der Waals surface area contributed by atoms with Crippen LogP contribution in [0.4, 0.5) is 0 Å². The van der Waals surface area contributed by atoms with Crippen molar-refractivity contribution in [1.29, 1.82) is 0 Å². The highest BCUT2D eigenvalue weighted by Crippen LogP contribution is 2.49. The Hall–Kier alpha value is -2.80. The smallest absolute Gasteiger partial charge is 0.0462 e. The molecule has 1 heterocycles. The Morgan fingerprint density at radius 1 is 0.889 bits per heavy atom. The van der Waals surface area contributed by atoms with Gasteiger partial charge in [-0.1, -0.05) is 62.4 Å². The summed E-state index contributed by atoms with van der Waals surface area (Å²) in [5.41, 5.74) is 8.28. The van der Waals surface area contributed by atoms with Crippen molar-refractivity contribution in [1.82, 2.24) is 4.98 Å². The molecule has 1 aliphatic rings. The fraction of sp³-hybridized carbons (Fsp3) is 0.231. The van der Waals surface area contributed by atoms with Crippen LogP contribution in [0, 0.1) is 13.8 Å². The van der Waals surface area contributed by atoms with Gasteiger partial charge in [0.25, 0.3) is 0 Å². The Balaban J connectivity index is 1.78. The van der Waals surface area contributed by atoms with Crippen molar-refractivity contribution < 1.29 is 0 Å². The molecule has 0 aliphatic heterocycles. The second kappa shape index (κ2) is 5.60. The van der Waals surface area contributed by atoms with Gasteiger partial charge in [0.2, 0.25) is 0 Å². The molecule has 1 atom stereocenters. The Morgan fingerprint density at radius 2 is 1.70 bits per heavy atom. The number of hydrogen-bond acceptors (Lipinski definition) is 0. The predicted molar refractivity (Wildman–Crippen MR) is 117 cm³/mol. The van der Waals surface area contributed by atoms with Crippen LogP contribution < -0.4 is 0 Å². The van der Waals surface area contributed by atoms with Crippen molar-refractivity contribution >= 4 is 27.8 Å². The molecule has 1 aliphatic carbocycles. The fourth-order valence-electron chi connectivity index (χ4n) is 5.25. The van der Waals surface area contributed by atoms with E-state index >= 15 is 0 Å². The highest BCUT2D eigenvalue weighted by molar-refractivity contribution is 6.04. The van der Waals surface area contributed by atoms with E-state index < -0.39 is 0 Å². The van der Waals surface area contributed by atoms with Gasteiger partial charge in [0, 0.05) is 28.4 Å². The first-order valence-corrected chi connectivity index (χ1v) is 9.76. The van der Waals surface area contributed by atoms with Gasteiger partial charge in [-0.05, 0) is 64.6 Å². The van der Waals surface area contributed by atoms with Gasteiger partial charge in [0.1, 0.15) is 0 Å². The van der Waals surface area contributed by atoms with Crippen LogP contribution in [0.2, 0.25) is 0 Å². The average Bonchev–Trinajstić information content (AvgIpc) is 3.23. The molecule has 4 aromatic rings. The van der Waals surface area contributed by atoms with Crippen molar-refractivity contribution in [2.45, 2.75) is 39.0 Å². The number of fused-ring (bicyclic) bond motifs is 3. The molecular formula is C26H25N. The minimum atomic E-state index is 0.0177. The summed E-state index contributed by atoms with van der Waals surface area (Å²) in [5.74, 6) is 0.397. The largest absolute Gasteiger partial charge is 0.361 e. The number of pyridine rings is 1. The van der Waals surface area contributed by atoms with Crippen molar-refractivity contribution in [2.24, 2.45) is 0 Å². The molecule has 0 fully saturated rings. The summed E-state index contributed by atoms with van der Waals surface area (Å²) in [7, 11) is 0. The molecule has 0 spiro atoms. The van der Waals surface area contributed by atoms with Crippen LogP contribution >= 0.6 is 0 Å². The Bertz CT molecular complexity index is 1220. The molecule has 1 heteroatoms. The molecule has 1 aromatic heterocycles. The SMILES string of the molecule is Cc1cc2c(C)c3ccc[nH]c3cc2c1C(C)(C)C1C=Cc2ccccc21. The highest BCUT2D eigenvalue weighted by atomic mass is 14.6. The first-order valence-electron chi connectivity index (χ1n) is 9.76. The number of nitrogens with one attached hydrogen (secondary N) is 1. The summed E-state index contributed by atoms with van der Waals surface area (Å²) in [4.78, 5) is 3.44. The third kappa shape index (κ3) is 2.24. The molecule has 3 aromatic carbocycles. The van der Waals surface area contributed by atoms with Crippen LogP contribution in [-0.4, -0.2) is 4.98 Å². The van der Waals surface area contributed by atoms with E-state index in [9.17, 15) is 0 Å². The summed E-state index contributed by atoms with van der Waals surface area (Å²) in [6.07, 6.45) is 6.70. The maximum Gasteiger partial charge on any atom is 0.0462 e. The number of H-pyrrole nitrogens is 1. The topological polar surface area (TPSA) is 15.8 Å². The summed E-state index contributed by atoms with van der Waals surface area (Å²) in [5, 5.41) is 4.09. The molecule has 1 unspecified atom stereocenters. The van der Waals surface area contributed by atoms with E-state index in [4.69, 9.17) is 0 Å². The van der Waals surface area contributed by atoms with Crippen LogP contribution in [0.3, 0.4) is 0 Å². The first-order chi connectivity index (χ1) is 13.0. The van der Waals surface area contributed by atoms with Crippen molar-refractivity contribution in [3.8, 4) is 0 Å². The van der Waals surface area contributed by atoms with Gasteiger partial charge in [-0.2, -0.15) is 0 Å². The van der Waals surface area contributed by atoms with Crippen LogP contribution in [0.5, 0.6) is 0 Å². The lowest BCUT2D eigenvalue weighted by Gasteiger charge is -2.33. The third-order valence-electron chi connectivity index (χ3n) is 6.52. The van der Waals surface area contributed by atoms with Crippen LogP contribution in [0.25, 0.3) is 27.8 Å². The summed E-state index contributed by atoms with van der Waals surface area (Å²) in [6, 6.07) is 17.8. The van der Waals surface area contributed by atoms with E-state index in [-0.39, 0.29) is 5.41 Å². The van der Waals surface area contributed by atoms with E-state index in [0.717, 1.165) is 0 Å². The quantitative estimate of drug-likeness (QED) is 0.399. The zero-order valence-electron chi connectivity index (χ0n) is 16.4. The minimum Gasteiger partial charge on any atom is -0.361 e. The molecule has 27 heavy (non-hydrogen) atoms. The number of rotatable bonds is 2. The number of allylic oxidation sites excluding steroid dienone is 1. The molecule has 0 saturated carbocycles. The van der Waals surface area contributed by atoms with Gasteiger partial charge in [-0.3, -0.25) is 0 Å². The number of benzene rings is 2. The molecule has 1 N–H and O–H groups in total. The normalized spacial score (nSPS) is 16.4. The molecule has 134 valence electrons. The number of aromatic amines is 1. The van der Waals surface area contributed by atoms with Crippen molar-refractivity contribution in [3.05, 3.63) is 88.6 Å². The van der Waals surface area contributed by atoms with E-state index in [0.29, 0.717) is 5.92 Å². The predicted octanol–water partition coefficient (Wildman–Crippen LogP) is 7.03. The third-order valence-corrected chi connectivity index (χ3v) is 6.52. The molecule has 0 amide bonds. The monoisotopic (exact) mass is 351 g/mol. The second-order valence-corrected chi connectivity index (χ2v) is 8.48. The lowest BCUT2D eigenvalue weighted by Crippen LogP contribution is -2.25. The summed E-state index contributed by atoms with van der Waals surface area (Å²) in [6.45, 7) is 9.33. The number of aromatic nitrogens is 1. The van der Waals surface area contributed by atoms with Gasteiger partial charge in [-0.25, -0.2) is 0 Å². The van der Waals surface area contributed by atoms with Crippen LogP contribution in [-0.2, 0) is 5.41 Å². The number of aryl methyl sites for hydroxylation is 2. The molecule has 0 radical (unpaired) electrons. The summed E-state index contributed by atoms with van der Waals surface area (Å²) < 4.78 is 0. The van der Waals surface area contributed by atoms with Crippen molar-refractivity contribution in [3.63, 3.8) is 0 Å². The highest BCUT2D eigenvalue weighted by Gasteiger charge is 2.36. The Labute approximate surface area is 160 Å². The maximum absolute atomic E-state index is 3.44.